The first-order valence-corrected chi connectivity index (χ1v) is 7.34. The van der Waals surface area contributed by atoms with E-state index in [0.717, 1.165) is 31.0 Å². The predicted molar refractivity (Wildman–Crippen MR) is 82.8 cm³/mol. The zero-order valence-electron chi connectivity index (χ0n) is 12.5. The molecule has 108 valence electrons. The van der Waals surface area contributed by atoms with E-state index in [1.165, 1.54) is 12.8 Å². The third kappa shape index (κ3) is 7.06. The first kappa shape index (κ1) is 15.8. The Hall–Kier alpha value is -1.22. The molecule has 0 aromatic heterocycles. The van der Waals surface area contributed by atoms with Crippen molar-refractivity contribution in [3.8, 4) is 5.75 Å². The van der Waals surface area contributed by atoms with Gasteiger partial charge in [-0.1, -0.05) is 33.6 Å². The first-order chi connectivity index (χ1) is 9.11. The fraction of sp³-hybridized carbons (Fsp3) is 0.625. The van der Waals surface area contributed by atoms with Crippen molar-refractivity contribution in [1.29, 1.82) is 0 Å². The van der Waals surface area contributed by atoms with E-state index >= 15 is 0 Å². The minimum Gasteiger partial charge on any atom is -0.493 e. The number of ether oxygens (including phenoxy) is 1. The lowest BCUT2D eigenvalue weighted by molar-refractivity contribution is 0.271. The average Bonchev–Trinajstić information content (AvgIpc) is 2.41. The second-order valence-electron chi connectivity index (χ2n) is 5.51. The van der Waals surface area contributed by atoms with Gasteiger partial charge < -0.3 is 15.8 Å². The summed E-state index contributed by atoms with van der Waals surface area (Å²) in [4.78, 5) is 0. The summed E-state index contributed by atoms with van der Waals surface area (Å²) in [6, 6.07) is 8.33. The normalized spacial score (nSPS) is 12.5. The zero-order valence-corrected chi connectivity index (χ0v) is 12.5. The molecular weight excluding hydrogens is 236 g/mol. The van der Waals surface area contributed by atoms with Gasteiger partial charge in [0, 0.05) is 18.3 Å². The van der Waals surface area contributed by atoms with Gasteiger partial charge in [0.05, 0.1) is 6.61 Å². The highest BCUT2D eigenvalue weighted by Gasteiger charge is 2.02. The Bertz CT molecular complexity index is 335. The molecule has 1 unspecified atom stereocenters. The second kappa shape index (κ2) is 8.81. The molecule has 0 aliphatic carbocycles. The molecule has 0 heterocycles. The van der Waals surface area contributed by atoms with Crippen molar-refractivity contribution in [2.75, 3.05) is 18.5 Å². The molecule has 0 bridgehead atoms. The summed E-state index contributed by atoms with van der Waals surface area (Å²) in [5.74, 6) is 1.48. The maximum Gasteiger partial charge on any atom is 0.119 e. The molecule has 1 atom stereocenters. The van der Waals surface area contributed by atoms with Crippen molar-refractivity contribution >= 4 is 5.69 Å². The van der Waals surface area contributed by atoms with Gasteiger partial charge in [0.2, 0.25) is 0 Å². The molecule has 3 heteroatoms. The zero-order chi connectivity index (χ0) is 14.1. The molecule has 3 nitrogen and oxygen atoms in total. The van der Waals surface area contributed by atoms with E-state index in [2.05, 4.69) is 26.1 Å². The first-order valence-electron chi connectivity index (χ1n) is 7.34. The highest BCUT2D eigenvalue weighted by Crippen LogP contribution is 2.16. The van der Waals surface area contributed by atoms with Crippen molar-refractivity contribution in [3.63, 3.8) is 0 Å². The average molecular weight is 264 g/mol. The Morgan fingerprint density at radius 2 is 1.89 bits per heavy atom. The number of hydrogen-bond acceptors (Lipinski definition) is 3. The Morgan fingerprint density at radius 1 is 1.21 bits per heavy atom. The van der Waals surface area contributed by atoms with Crippen LogP contribution >= 0.6 is 0 Å². The lowest BCUT2D eigenvalue weighted by Crippen LogP contribution is -2.28. The highest BCUT2D eigenvalue weighted by molar-refractivity contribution is 5.46. The third-order valence-corrected chi connectivity index (χ3v) is 2.93. The van der Waals surface area contributed by atoms with Crippen molar-refractivity contribution in [2.24, 2.45) is 11.7 Å². The largest absolute Gasteiger partial charge is 0.493 e. The molecule has 1 aromatic carbocycles. The van der Waals surface area contributed by atoms with Crippen LogP contribution in [-0.2, 0) is 0 Å². The van der Waals surface area contributed by atoms with Gasteiger partial charge in [-0.05, 0) is 36.6 Å². The quantitative estimate of drug-likeness (QED) is 0.715. The number of nitrogens with one attached hydrogen (secondary N) is 1. The smallest absolute Gasteiger partial charge is 0.119 e. The van der Waals surface area contributed by atoms with Crippen molar-refractivity contribution in [3.05, 3.63) is 24.3 Å². The van der Waals surface area contributed by atoms with Gasteiger partial charge in [-0.3, -0.25) is 0 Å². The Morgan fingerprint density at radius 3 is 2.47 bits per heavy atom. The summed E-state index contributed by atoms with van der Waals surface area (Å²) in [6.07, 6.45) is 3.49. The number of benzene rings is 1. The number of unbranched alkanes of at least 4 members (excludes halogenated alkanes) is 1. The van der Waals surface area contributed by atoms with Crippen LogP contribution in [-0.4, -0.2) is 19.2 Å². The Balaban J connectivity index is 2.31. The molecule has 1 rings (SSSR count). The van der Waals surface area contributed by atoms with Crippen molar-refractivity contribution < 1.29 is 4.74 Å². The van der Waals surface area contributed by atoms with Crippen LogP contribution < -0.4 is 15.8 Å². The van der Waals surface area contributed by atoms with Gasteiger partial charge in [-0.25, -0.2) is 0 Å². The van der Waals surface area contributed by atoms with Gasteiger partial charge in [0.1, 0.15) is 5.75 Å². The van der Waals surface area contributed by atoms with Crippen LogP contribution in [0.3, 0.4) is 0 Å². The molecular formula is C16H28N2O. The van der Waals surface area contributed by atoms with Crippen LogP contribution in [0.1, 0.15) is 40.0 Å². The van der Waals surface area contributed by atoms with E-state index in [1.54, 1.807) is 0 Å². The summed E-state index contributed by atoms with van der Waals surface area (Å²) in [7, 11) is 0. The molecule has 0 aliphatic heterocycles. The molecule has 3 N–H and O–H groups in total. The fourth-order valence-corrected chi connectivity index (χ4v) is 1.75. The van der Waals surface area contributed by atoms with Crippen molar-refractivity contribution in [1.82, 2.24) is 0 Å². The molecule has 0 saturated carbocycles. The topological polar surface area (TPSA) is 47.3 Å². The molecule has 0 amide bonds. The molecule has 0 saturated heterocycles. The van der Waals surface area contributed by atoms with Crippen LogP contribution in [0.15, 0.2) is 24.3 Å². The van der Waals surface area contributed by atoms with E-state index in [4.69, 9.17) is 10.5 Å². The summed E-state index contributed by atoms with van der Waals surface area (Å²) < 4.78 is 5.65. The standard InChI is InChI=1S/C16H28N2O/c1-4-5-6-14(17)11-18-15-7-9-16(10-8-15)19-12-13(2)3/h7-10,13-14,18H,4-6,11-12,17H2,1-3H3. The van der Waals surface area contributed by atoms with Crippen LogP contribution in [0, 0.1) is 5.92 Å². The molecule has 0 fully saturated rings. The van der Waals surface area contributed by atoms with Crippen LogP contribution in [0.2, 0.25) is 0 Å². The Kier molecular flexibility index (Phi) is 7.34. The molecule has 1 aromatic rings. The minimum atomic E-state index is 0.233. The molecule has 0 aliphatic rings. The lowest BCUT2D eigenvalue weighted by Gasteiger charge is -2.14. The summed E-state index contributed by atoms with van der Waals surface area (Å²) >= 11 is 0. The van der Waals surface area contributed by atoms with Gasteiger partial charge in [0.25, 0.3) is 0 Å². The van der Waals surface area contributed by atoms with E-state index in [9.17, 15) is 0 Å². The highest BCUT2D eigenvalue weighted by atomic mass is 16.5. The number of rotatable bonds is 9. The third-order valence-electron chi connectivity index (χ3n) is 2.93. The molecule has 0 radical (unpaired) electrons. The number of nitrogens with two attached hydrogens (primary N) is 1. The maximum atomic E-state index is 6.03. The van der Waals surface area contributed by atoms with Gasteiger partial charge in [-0.2, -0.15) is 0 Å². The van der Waals surface area contributed by atoms with Gasteiger partial charge >= 0.3 is 0 Å². The van der Waals surface area contributed by atoms with Crippen LogP contribution in [0.25, 0.3) is 0 Å². The second-order valence-corrected chi connectivity index (χ2v) is 5.51. The maximum absolute atomic E-state index is 6.03. The summed E-state index contributed by atoms with van der Waals surface area (Å²) in [5.41, 5.74) is 7.13. The van der Waals surface area contributed by atoms with E-state index in [0.29, 0.717) is 5.92 Å². The van der Waals surface area contributed by atoms with Gasteiger partial charge in [0.15, 0.2) is 0 Å². The Labute approximate surface area is 117 Å². The SMILES string of the molecule is CCCCC(N)CNc1ccc(OCC(C)C)cc1. The van der Waals surface area contributed by atoms with Crippen molar-refractivity contribution in [2.45, 2.75) is 46.1 Å². The fourth-order valence-electron chi connectivity index (χ4n) is 1.75. The van der Waals surface area contributed by atoms with Crippen LogP contribution in [0.4, 0.5) is 5.69 Å². The molecule has 19 heavy (non-hydrogen) atoms. The van der Waals surface area contributed by atoms with Gasteiger partial charge in [-0.15, -0.1) is 0 Å². The summed E-state index contributed by atoms with van der Waals surface area (Å²) in [6.45, 7) is 8.07. The van der Waals surface area contributed by atoms with E-state index in [1.807, 2.05) is 24.3 Å². The molecule has 0 spiro atoms. The number of hydrogen-bond donors (Lipinski definition) is 2. The lowest BCUT2D eigenvalue weighted by atomic mass is 10.1. The number of anilines is 1. The monoisotopic (exact) mass is 264 g/mol. The van der Waals surface area contributed by atoms with Crippen LogP contribution in [0.5, 0.6) is 5.75 Å². The minimum absolute atomic E-state index is 0.233. The summed E-state index contributed by atoms with van der Waals surface area (Å²) in [5, 5.41) is 3.36. The van der Waals surface area contributed by atoms with E-state index in [-0.39, 0.29) is 6.04 Å². The predicted octanol–water partition coefficient (Wildman–Crippen LogP) is 3.65. The van der Waals surface area contributed by atoms with E-state index < -0.39 is 0 Å².